The molecular weight excluding hydrogens is 373 g/mol. The number of hydrogen-bond acceptors (Lipinski definition) is 5. The number of carbonyl (C=O) groups is 1. The van der Waals surface area contributed by atoms with E-state index in [4.69, 9.17) is 0 Å². The van der Waals surface area contributed by atoms with Crippen molar-refractivity contribution in [3.63, 3.8) is 0 Å². The number of halogens is 1. The van der Waals surface area contributed by atoms with Gasteiger partial charge in [0.05, 0.1) is 11.2 Å². The Labute approximate surface area is 156 Å². The van der Waals surface area contributed by atoms with Gasteiger partial charge in [0, 0.05) is 15.8 Å². The highest BCUT2D eigenvalue weighted by atomic mass is 32.1. The van der Waals surface area contributed by atoms with Gasteiger partial charge in [-0.25, -0.2) is 9.37 Å². The van der Waals surface area contributed by atoms with Crippen molar-refractivity contribution in [1.29, 1.82) is 0 Å². The Hall–Kier alpha value is -2.32. The van der Waals surface area contributed by atoms with Crippen LogP contribution in [-0.4, -0.2) is 15.9 Å². The number of carbonyl (C=O) groups excluding carboxylic acids is 1. The molecule has 8 heteroatoms. The maximum atomic E-state index is 14.2. The maximum Gasteiger partial charge on any atom is 0.305 e. The first-order valence-electron chi connectivity index (χ1n) is 8.22. The highest BCUT2D eigenvalue weighted by molar-refractivity contribution is 7.12. The number of aromatic amines is 1. The van der Waals surface area contributed by atoms with E-state index in [1.54, 1.807) is 18.2 Å². The molecule has 0 spiro atoms. The number of nitrogens with zero attached hydrogens (tertiary/aromatic N) is 1. The van der Waals surface area contributed by atoms with E-state index >= 15 is 0 Å². The van der Waals surface area contributed by atoms with Gasteiger partial charge in [0.2, 0.25) is 0 Å². The van der Waals surface area contributed by atoms with Crippen LogP contribution in [0.3, 0.4) is 0 Å². The summed E-state index contributed by atoms with van der Waals surface area (Å²) in [5.41, 5.74) is 0.798. The number of amides is 1. The minimum absolute atomic E-state index is 0.258. The molecule has 0 atom stereocenters. The molecule has 134 valence electrons. The van der Waals surface area contributed by atoms with Crippen molar-refractivity contribution in [3.05, 3.63) is 60.7 Å². The van der Waals surface area contributed by atoms with E-state index in [0.717, 1.165) is 40.5 Å². The highest BCUT2D eigenvalue weighted by Gasteiger charge is 2.43. The Kier molecular flexibility index (Phi) is 4.24. The third-order valence-corrected chi connectivity index (χ3v) is 6.50. The normalized spacial score (nSPS) is 15.5. The summed E-state index contributed by atoms with van der Waals surface area (Å²) < 4.78 is 14.2. The Morgan fingerprint density at radius 1 is 1.35 bits per heavy atom. The molecule has 0 radical (unpaired) electrons. The monoisotopic (exact) mass is 389 g/mol. The average molecular weight is 389 g/mol. The van der Waals surface area contributed by atoms with E-state index < -0.39 is 5.54 Å². The minimum atomic E-state index is -0.547. The number of thiazole rings is 2. The van der Waals surface area contributed by atoms with Gasteiger partial charge in [-0.1, -0.05) is 23.5 Å². The molecule has 1 aliphatic carbocycles. The second-order valence-electron chi connectivity index (χ2n) is 6.36. The third kappa shape index (κ3) is 2.89. The van der Waals surface area contributed by atoms with Gasteiger partial charge in [-0.15, -0.1) is 11.3 Å². The smallest absolute Gasteiger partial charge is 0.305 e. The second kappa shape index (κ2) is 6.44. The number of rotatable bonds is 4. The summed E-state index contributed by atoms with van der Waals surface area (Å²) in [5, 5.41) is 5.33. The lowest BCUT2D eigenvalue weighted by atomic mass is 9.77. The first kappa shape index (κ1) is 17.1. The van der Waals surface area contributed by atoms with Crippen LogP contribution in [0.5, 0.6) is 0 Å². The van der Waals surface area contributed by atoms with E-state index in [-0.39, 0.29) is 22.3 Å². The molecule has 0 aliphatic heterocycles. The first-order valence-corrected chi connectivity index (χ1v) is 9.91. The van der Waals surface area contributed by atoms with Crippen molar-refractivity contribution in [3.8, 4) is 11.3 Å². The Morgan fingerprint density at radius 2 is 2.12 bits per heavy atom. The molecule has 0 bridgehead atoms. The summed E-state index contributed by atoms with van der Waals surface area (Å²) in [6.45, 7) is 1.91. The highest BCUT2D eigenvalue weighted by Crippen LogP contribution is 2.45. The SMILES string of the molecule is Cc1sc(C2(NC(=O)c3csc(=O)[nH]3)CCC2)nc1-c1ccccc1F. The summed E-state index contributed by atoms with van der Waals surface area (Å²) in [6, 6.07) is 6.56. The van der Waals surface area contributed by atoms with E-state index in [2.05, 4.69) is 15.3 Å². The number of H-pyrrole nitrogens is 1. The van der Waals surface area contributed by atoms with Crippen molar-refractivity contribution >= 4 is 28.6 Å². The van der Waals surface area contributed by atoms with Crippen LogP contribution < -0.4 is 10.2 Å². The number of aryl methyl sites for hydroxylation is 1. The standard InChI is InChI=1S/C18H16FN3O2S2/c1-10-14(11-5-2-3-6-12(11)19)21-16(26-10)18(7-4-8-18)22-15(23)13-9-25-17(24)20-13/h2-3,5-6,9H,4,7-8H2,1H3,(H,20,24)(H,22,23). The predicted molar refractivity (Wildman–Crippen MR) is 100 cm³/mol. The van der Waals surface area contributed by atoms with Gasteiger partial charge in [0.1, 0.15) is 16.5 Å². The van der Waals surface area contributed by atoms with E-state index in [0.29, 0.717) is 11.3 Å². The molecule has 2 N–H and O–H groups in total. The lowest BCUT2D eigenvalue weighted by Gasteiger charge is -2.40. The number of hydrogen-bond donors (Lipinski definition) is 2. The van der Waals surface area contributed by atoms with Crippen LogP contribution in [0.2, 0.25) is 0 Å². The van der Waals surface area contributed by atoms with Crippen LogP contribution in [0, 0.1) is 12.7 Å². The maximum absolute atomic E-state index is 14.2. The molecule has 26 heavy (non-hydrogen) atoms. The van der Waals surface area contributed by atoms with Crippen molar-refractivity contribution in [2.45, 2.75) is 31.7 Å². The van der Waals surface area contributed by atoms with Crippen LogP contribution >= 0.6 is 22.7 Å². The van der Waals surface area contributed by atoms with Crippen molar-refractivity contribution < 1.29 is 9.18 Å². The topological polar surface area (TPSA) is 74.8 Å². The quantitative estimate of drug-likeness (QED) is 0.712. The van der Waals surface area contributed by atoms with Crippen LogP contribution in [0.25, 0.3) is 11.3 Å². The Bertz CT molecular complexity index is 1030. The van der Waals surface area contributed by atoms with Gasteiger partial charge in [-0.05, 0) is 38.3 Å². The zero-order valence-electron chi connectivity index (χ0n) is 14.0. The summed E-state index contributed by atoms with van der Waals surface area (Å²) in [6.07, 6.45) is 2.53. The van der Waals surface area contributed by atoms with E-state index in [1.165, 1.54) is 22.8 Å². The fourth-order valence-electron chi connectivity index (χ4n) is 3.10. The molecule has 1 fully saturated rings. The molecule has 1 saturated carbocycles. The fourth-order valence-corrected chi connectivity index (χ4v) is 4.79. The summed E-state index contributed by atoms with van der Waals surface area (Å²) in [7, 11) is 0. The summed E-state index contributed by atoms with van der Waals surface area (Å²) in [5.74, 6) is -0.627. The van der Waals surface area contributed by atoms with Crippen LogP contribution in [0.4, 0.5) is 4.39 Å². The minimum Gasteiger partial charge on any atom is -0.339 e. The molecule has 3 aromatic rings. The van der Waals surface area contributed by atoms with Gasteiger partial charge >= 0.3 is 4.87 Å². The number of nitrogens with one attached hydrogen (secondary N) is 2. The number of benzene rings is 1. The second-order valence-corrected chi connectivity index (χ2v) is 8.40. The zero-order chi connectivity index (χ0) is 18.3. The summed E-state index contributed by atoms with van der Waals surface area (Å²) >= 11 is 2.44. The Morgan fingerprint density at radius 3 is 2.73 bits per heavy atom. The first-order chi connectivity index (χ1) is 12.5. The Balaban J connectivity index is 1.67. The molecule has 1 amide bonds. The van der Waals surface area contributed by atoms with Crippen molar-refractivity contribution in [2.24, 2.45) is 0 Å². The van der Waals surface area contributed by atoms with Gasteiger partial charge < -0.3 is 10.3 Å². The van der Waals surface area contributed by atoms with Crippen LogP contribution in [0.1, 0.15) is 39.6 Å². The van der Waals surface area contributed by atoms with E-state index in [9.17, 15) is 14.0 Å². The van der Waals surface area contributed by atoms with E-state index in [1.807, 2.05) is 6.92 Å². The molecular formula is C18H16FN3O2S2. The van der Waals surface area contributed by atoms with Crippen LogP contribution in [0.15, 0.2) is 34.4 Å². The predicted octanol–water partition coefficient (Wildman–Crippen LogP) is 3.82. The largest absolute Gasteiger partial charge is 0.339 e. The van der Waals surface area contributed by atoms with Gasteiger partial charge in [0.25, 0.3) is 5.91 Å². The molecule has 4 rings (SSSR count). The zero-order valence-corrected chi connectivity index (χ0v) is 15.6. The lowest BCUT2D eigenvalue weighted by molar-refractivity contribution is 0.0818. The summed E-state index contributed by atoms with van der Waals surface area (Å²) in [4.78, 5) is 31.7. The fraction of sp³-hybridized carbons (Fsp3) is 0.278. The third-order valence-electron chi connectivity index (χ3n) is 4.66. The number of aromatic nitrogens is 2. The van der Waals surface area contributed by atoms with Crippen molar-refractivity contribution in [1.82, 2.24) is 15.3 Å². The molecule has 2 aromatic heterocycles. The van der Waals surface area contributed by atoms with Crippen LogP contribution in [-0.2, 0) is 5.54 Å². The lowest BCUT2D eigenvalue weighted by Crippen LogP contribution is -2.50. The molecule has 0 saturated heterocycles. The van der Waals surface area contributed by atoms with Crippen molar-refractivity contribution in [2.75, 3.05) is 0 Å². The molecule has 1 aromatic carbocycles. The van der Waals surface area contributed by atoms with Gasteiger partial charge in [-0.2, -0.15) is 0 Å². The average Bonchev–Trinajstić information content (AvgIpc) is 3.17. The van der Waals surface area contributed by atoms with Gasteiger partial charge in [0.15, 0.2) is 0 Å². The van der Waals surface area contributed by atoms with Gasteiger partial charge in [-0.3, -0.25) is 9.59 Å². The molecule has 0 unspecified atom stereocenters. The molecule has 5 nitrogen and oxygen atoms in total. The molecule has 1 aliphatic rings. The molecule has 2 heterocycles.